The maximum Gasteiger partial charge on any atom is 0.224 e. The predicted molar refractivity (Wildman–Crippen MR) is 80.9 cm³/mol. The minimum Gasteiger partial charge on any atom is -0.339 e. The predicted octanol–water partition coefficient (Wildman–Crippen LogP) is 1.71. The van der Waals surface area contributed by atoms with Crippen LogP contribution in [0.4, 0.5) is 0 Å². The highest BCUT2D eigenvalue weighted by molar-refractivity contribution is 7.84. The molecule has 19 heavy (non-hydrogen) atoms. The molecule has 0 saturated carbocycles. The lowest BCUT2D eigenvalue weighted by Crippen LogP contribution is -2.31. The second-order valence-electron chi connectivity index (χ2n) is 4.24. The average Bonchev–Trinajstić information content (AvgIpc) is 2.37. The zero-order valence-corrected chi connectivity index (χ0v) is 13.1. The lowest BCUT2D eigenvalue weighted by Gasteiger charge is -2.25. The largest absolute Gasteiger partial charge is 0.339 e. The molecule has 1 aromatic carbocycles. The lowest BCUT2D eigenvalue weighted by molar-refractivity contribution is -0.131. The van der Waals surface area contributed by atoms with E-state index in [0.29, 0.717) is 13.0 Å². The highest BCUT2D eigenvalue weighted by Crippen LogP contribution is 2.20. The minimum atomic E-state index is -0.970. The molecule has 0 aromatic heterocycles. The summed E-state index contributed by atoms with van der Waals surface area (Å²) in [4.78, 5) is 14.2. The van der Waals surface area contributed by atoms with Gasteiger partial charge in [-0.1, -0.05) is 12.1 Å². The van der Waals surface area contributed by atoms with Crippen LogP contribution in [0.25, 0.3) is 0 Å². The Morgan fingerprint density at radius 3 is 2.32 bits per heavy atom. The fraction of sp³-hybridized carbons (Fsp3) is 0.462. The van der Waals surface area contributed by atoms with Crippen molar-refractivity contribution in [1.82, 2.24) is 4.90 Å². The molecule has 4 nitrogen and oxygen atoms in total. The second kappa shape index (κ2) is 8.30. The number of nitrogens with zero attached hydrogens (tertiary/aromatic N) is 1. The highest BCUT2D eigenvalue weighted by atomic mass is 35.5. The summed E-state index contributed by atoms with van der Waals surface area (Å²) < 4.78 is 11.3. The van der Waals surface area contributed by atoms with Crippen molar-refractivity contribution in [3.8, 4) is 0 Å². The van der Waals surface area contributed by atoms with E-state index in [4.69, 9.17) is 5.73 Å². The lowest BCUT2D eigenvalue weighted by atomic mass is 10.1. The first kappa shape index (κ1) is 18.1. The molecule has 108 valence electrons. The molecule has 0 spiro atoms. The third-order valence-electron chi connectivity index (χ3n) is 3.03. The summed E-state index contributed by atoms with van der Waals surface area (Å²) in [6.07, 6.45) is 2.01. The van der Waals surface area contributed by atoms with E-state index in [1.54, 1.807) is 18.2 Å². The molecular formula is C13H21ClN2O2S. The van der Waals surface area contributed by atoms with Crippen LogP contribution >= 0.6 is 12.4 Å². The van der Waals surface area contributed by atoms with Crippen LogP contribution in [0, 0.1) is 0 Å². The summed E-state index contributed by atoms with van der Waals surface area (Å²) in [7, 11) is 0.802. The van der Waals surface area contributed by atoms with Crippen molar-refractivity contribution in [1.29, 1.82) is 0 Å². The molecule has 6 heteroatoms. The molecule has 1 amide bonds. The number of amides is 1. The maximum atomic E-state index is 11.7. The Bertz CT molecular complexity index is 437. The van der Waals surface area contributed by atoms with Crippen molar-refractivity contribution in [3.63, 3.8) is 0 Å². The van der Waals surface area contributed by atoms with Gasteiger partial charge in [0, 0.05) is 42.0 Å². The maximum absolute atomic E-state index is 11.7. The number of hydrogen-bond donors (Lipinski definition) is 1. The van der Waals surface area contributed by atoms with E-state index < -0.39 is 10.8 Å². The van der Waals surface area contributed by atoms with Gasteiger partial charge in [-0.25, -0.2) is 0 Å². The van der Waals surface area contributed by atoms with Gasteiger partial charge in [0.1, 0.15) is 0 Å². The summed E-state index contributed by atoms with van der Waals surface area (Å²) in [5.74, 6) is 0.0353. The fourth-order valence-electron chi connectivity index (χ4n) is 1.68. The van der Waals surface area contributed by atoms with Crippen LogP contribution in [0.5, 0.6) is 0 Å². The summed E-state index contributed by atoms with van der Waals surface area (Å²) in [5.41, 5.74) is 6.40. The second-order valence-corrected chi connectivity index (χ2v) is 5.62. The van der Waals surface area contributed by atoms with Crippen LogP contribution in [-0.4, -0.2) is 34.9 Å². The summed E-state index contributed by atoms with van der Waals surface area (Å²) in [6.45, 7) is 2.33. The van der Waals surface area contributed by atoms with E-state index in [1.165, 1.54) is 0 Å². The smallest absolute Gasteiger partial charge is 0.224 e. The molecule has 0 heterocycles. The van der Waals surface area contributed by atoms with Crippen molar-refractivity contribution in [2.24, 2.45) is 5.73 Å². The van der Waals surface area contributed by atoms with Gasteiger partial charge in [0.05, 0.1) is 6.04 Å². The molecule has 2 unspecified atom stereocenters. The SMILES string of the molecule is CC(c1ccc(S(C)=O)cc1)N(C)C(=O)CCN.Cl. The van der Waals surface area contributed by atoms with Crippen molar-refractivity contribution in [3.05, 3.63) is 29.8 Å². The van der Waals surface area contributed by atoms with Crippen LogP contribution in [0.15, 0.2) is 29.2 Å². The van der Waals surface area contributed by atoms with Crippen LogP contribution in [-0.2, 0) is 15.6 Å². The summed E-state index contributed by atoms with van der Waals surface area (Å²) >= 11 is 0. The third kappa shape index (κ3) is 4.93. The number of rotatable bonds is 5. The van der Waals surface area contributed by atoms with Crippen LogP contribution in [0.2, 0.25) is 0 Å². The van der Waals surface area contributed by atoms with E-state index in [-0.39, 0.29) is 24.4 Å². The normalized spacial score (nSPS) is 13.3. The standard InChI is InChI=1S/C13H20N2O2S.ClH/c1-10(15(2)13(16)8-9-14)11-4-6-12(7-5-11)18(3)17;/h4-7,10H,8-9,14H2,1-3H3;1H. The van der Waals surface area contributed by atoms with E-state index >= 15 is 0 Å². The van der Waals surface area contributed by atoms with Crippen molar-refractivity contribution in [2.75, 3.05) is 19.8 Å². The number of benzene rings is 1. The monoisotopic (exact) mass is 304 g/mol. The molecule has 1 rings (SSSR count). The molecular weight excluding hydrogens is 284 g/mol. The van der Waals surface area contributed by atoms with Gasteiger partial charge in [-0.05, 0) is 24.6 Å². The summed E-state index contributed by atoms with van der Waals surface area (Å²) in [6, 6.07) is 7.48. The molecule has 0 fully saturated rings. The fourth-order valence-corrected chi connectivity index (χ4v) is 2.20. The van der Waals surface area contributed by atoms with E-state index in [1.807, 2.05) is 31.2 Å². The Hall–Kier alpha value is -0.910. The van der Waals surface area contributed by atoms with Crippen molar-refractivity contribution in [2.45, 2.75) is 24.3 Å². The highest BCUT2D eigenvalue weighted by Gasteiger charge is 2.16. The number of carbonyl (C=O) groups excluding carboxylic acids is 1. The molecule has 0 radical (unpaired) electrons. The van der Waals surface area contributed by atoms with Crippen LogP contribution in [0.1, 0.15) is 24.9 Å². The number of carbonyl (C=O) groups is 1. The topological polar surface area (TPSA) is 63.4 Å². The van der Waals surface area contributed by atoms with Gasteiger partial charge < -0.3 is 10.6 Å². The first-order chi connectivity index (χ1) is 8.47. The Balaban J connectivity index is 0.00000324. The molecule has 2 atom stereocenters. The Morgan fingerprint density at radius 2 is 1.89 bits per heavy atom. The van der Waals surface area contributed by atoms with E-state index in [9.17, 15) is 9.00 Å². The Kier molecular flexibility index (Phi) is 7.90. The first-order valence-electron chi connectivity index (χ1n) is 5.86. The van der Waals surface area contributed by atoms with E-state index in [2.05, 4.69) is 0 Å². The molecule has 0 aliphatic carbocycles. The van der Waals surface area contributed by atoms with Crippen molar-refractivity contribution >= 4 is 29.1 Å². The van der Waals surface area contributed by atoms with Crippen LogP contribution < -0.4 is 5.73 Å². The zero-order valence-electron chi connectivity index (χ0n) is 11.5. The van der Waals surface area contributed by atoms with Gasteiger partial charge >= 0.3 is 0 Å². The Morgan fingerprint density at radius 1 is 1.37 bits per heavy atom. The third-order valence-corrected chi connectivity index (χ3v) is 3.96. The van der Waals surface area contributed by atoms with Crippen LogP contribution in [0.3, 0.4) is 0 Å². The van der Waals surface area contributed by atoms with Gasteiger partial charge in [-0.3, -0.25) is 9.00 Å². The number of halogens is 1. The summed E-state index contributed by atoms with van der Waals surface area (Å²) in [5, 5.41) is 0. The van der Waals surface area contributed by atoms with Gasteiger partial charge in [0.2, 0.25) is 5.91 Å². The molecule has 0 saturated heterocycles. The number of nitrogens with two attached hydrogens (primary N) is 1. The zero-order chi connectivity index (χ0) is 13.7. The van der Waals surface area contributed by atoms with Gasteiger partial charge in [0.15, 0.2) is 0 Å². The number of hydrogen-bond acceptors (Lipinski definition) is 3. The van der Waals surface area contributed by atoms with Gasteiger partial charge in [0.25, 0.3) is 0 Å². The van der Waals surface area contributed by atoms with Gasteiger partial charge in [-0.2, -0.15) is 0 Å². The molecule has 0 aliphatic heterocycles. The molecule has 0 bridgehead atoms. The van der Waals surface area contributed by atoms with Crippen molar-refractivity contribution < 1.29 is 9.00 Å². The molecule has 2 N–H and O–H groups in total. The first-order valence-corrected chi connectivity index (χ1v) is 7.42. The van der Waals surface area contributed by atoms with E-state index in [0.717, 1.165) is 10.5 Å². The quantitative estimate of drug-likeness (QED) is 0.901. The minimum absolute atomic E-state index is 0. The molecule has 1 aromatic rings. The Labute approximate surface area is 123 Å². The molecule has 0 aliphatic rings. The van der Waals surface area contributed by atoms with Gasteiger partial charge in [-0.15, -0.1) is 12.4 Å². The average molecular weight is 305 g/mol.